The molecule has 0 radical (unpaired) electrons. The molecule has 0 aliphatic heterocycles. The summed E-state index contributed by atoms with van der Waals surface area (Å²) in [5.74, 6) is -16.6. The first-order valence-corrected chi connectivity index (χ1v) is 18.4. The molecule has 0 aromatic carbocycles. The molecule has 6 aromatic heterocycles. The predicted octanol–water partition coefficient (Wildman–Crippen LogP) is 12.0. The van der Waals surface area contributed by atoms with Crippen molar-refractivity contribution in [2.75, 3.05) is 0 Å². The second-order valence-electron chi connectivity index (χ2n) is 10.3. The van der Waals surface area contributed by atoms with E-state index in [-0.39, 0.29) is 48.8 Å². The van der Waals surface area contributed by atoms with Crippen LogP contribution in [0.5, 0.6) is 0 Å². The zero-order valence-corrected chi connectivity index (χ0v) is 28.7. The highest BCUT2D eigenvalue weighted by Crippen LogP contribution is 2.67. The average molecular weight is 769 g/mol. The van der Waals surface area contributed by atoms with Crippen molar-refractivity contribution in [2.45, 2.75) is 17.8 Å². The summed E-state index contributed by atoms with van der Waals surface area (Å²) in [4.78, 5) is 2.77. The van der Waals surface area contributed by atoms with Crippen LogP contribution in [0.4, 0.5) is 26.3 Å². The summed E-state index contributed by atoms with van der Waals surface area (Å²) in [6, 6.07) is 21.9. The number of thiophene rings is 6. The number of halogens is 6. The molecule has 0 saturated carbocycles. The first-order chi connectivity index (χ1) is 23.3. The van der Waals surface area contributed by atoms with Crippen molar-refractivity contribution < 1.29 is 26.3 Å². The minimum atomic E-state index is -5.85. The van der Waals surface area contributed by atoms with Gasteiger partial charge < -0.3 is 0 Å². The van der Waals surface area contributed by atoms with Crippen molar-refractivity contribution in [3.8, 4) is 63.3 Å². The molecule has 1 aliphatic carbocycles. The standard InChI is InChI=1S/C33H10F6N4S6/c34-31(35)27(19-9-25(21-5-1-15(11-40)44-21)48-29(19)23-7-3-17(13-42)46-23)28(32(36,37)33(31,38)39)20-10-26(22-6-2-16(12-41)45-22)49-30(20)24-8-4-18(14-43)47-24/h1-10H. The Kier molecular flexibility index (Phi) is 7.96. The van der Waals surface area contributed by atoms with Gasteiger partial charge in [-0.2, -0.15) is 47.4 Å². The largest absolute Gasteiger partial charge is 0.380 e. The monoisotopic (exact) mass is 768 g/mol. The summed E-state index contributed by atoms with van der Waals surface area (Å²) < 4.78 is 96.3. The normalized spacial score (nSPS) is 15.9. The Morgan fingerprint density at radius 2 is 0.714 bits per heavy atom. The average Bonchev–Trinajstić information content (AvgIpc) is 3.92. The molecule has 4 nitrogen and oxygen atoms in total. The molecular weight excluding hydrogens is 759 g/mol. The Balaban J connectivity index is 1.58. The lowest BCUT2D eigenvalue weighted by Gasteiger charge is -2.25. The maximum Gasteiger partial charge on any atom is 0.380 e. The highest BCUT2D eigenvalue weighted by atomic mass is 32.1. The first kappa shape index (κ1) is 33.0. The van der Waals surface area contributed by atoms with Gasteiger partial charge in [-0.25, -0.2) is 0 Å². The molecule has 6 heterocycles. The van der Waals surface area contributed by atoms with Crippen LogP contribution in [0.15, 0.2) is 60.7 Å². The lowest BCUT2D eigenvalue weighted by atomic mass is 9.94. The quantitative estimate of drug-likeness (QED) is 0.158. The zero-order valence-electron chi connectivity index (χ0n) is 23.8. The van der Waals surface area contributed by atoms with E-state index in [0.717, 1.165) is 80.2 Å². The van der Waals surface area contributed by atoms with Crippen LogP contribution in [-0.2, 0) is 0 Å². The molecule has 0 fully saturated rings. The highest BCUT2D eigenvalue weighted by Gasteiger charge is 2.80. The molecule has 49 heavy (non-hydrogen) atoms. The fourth-order valence-electron chi connectivity index (χ4n) is 5.30. The Morgan fingerprint density at radius 3 is 1.02 bits per heavy atom. The van der Waals surface area contributed by atoms with E-state index in [1.54, 1.807) is 12.1 Å². The summed E-state index contributed by atoms with van der Waals surface area (Å²) in [6.07, 6.45) is 0. The third kappa shape index (κ3) is 5.07. The summed E-state index contributed by atoms with van der Waals surface area (Å²) >= 11 is 5.61. The van der Waals surface area contributed by atoms with Crippen molar-refractivity contribution in [1.82, 2.24) is 0 Å². The Labute approximate surface area is 297 Å². The van der Waals surface area contributed by atoms with Crippen LogP contribution in [0.25, 0.3) is 50.2 Å². The van der Waals surface area contributed by atoms with Crippen LogP contribution in [0, 0.1) is 45.3 Å². The van der Waals surface area contributed by atoms with E-state index in [9.17, 15) is 21.0 Å². The van der Waals surface area contributed by atoms with Crippen LogP contribution in [0.2, 0.25) is 0 Å². The molecule has 0 unspecified atom stereocenters. The molecule has 240 valence electrons. The summed E-state index contributed by atoms with van der Waals surface area (Å²) in [7, 11) is 0. The molecule has 16 heteroatoms. The van der Waals surface area contributed by atoms with E-state index < -0.39 is 40.0 Å². The SMILES string of the molecule is N#Cc1ccc(-c2cc(C3=C(c4cc(-c5ccc(C#N)s5)sc4-c4ccc(C#N)s4)C(F)(F)C(F)(F)C3(F)F)c(-c3ccc(C#N)s3)s2)s1. The van der Waals surface area contributed by atoms with Crippen LogP contribution < -0.4 is 0 Å². The lowest BCUT2D eigenvalue weighted by molar-refractivity contribution is -0.254. The number of hydrogen-bond acceptors (Lipinski definition) is 10. The van der Waals surface area contributed by atoms with E-state index in [1.165, 1.54) is 36.4 Å². The van der Waals surface area contributed by atoms with Gasteiger partial charge in [0.2, 0.25) is 0 Å². The van der Waals surface area contributed by atoms with Gasteiger partial charge in [-0.05, 0) is 60.7 Å². The molecule has 1 aliphatic rings. The van der Waals surface area contributed by atoms with Crippen molar-refractivity contribution in [3.05, 3.63) is 91.3 Å². The van der Waals surface area contributed by atoms with Gasteiger partial charge >= 0.3 is 17.8 Å². The smallest absolute Gasteiger partial charge is 0.194 e. The first-order valence-electron chi connectivity index (χ1n) is 13.5. The minimum absolute atomic E-state index is 0.0223. The van der Waals surface area contributed by atoms with Crippen LogP contribution in [0.1, 0.15) is 30.6 Å². The minimum Gasteiger partial charge on any atom is -0.194 e. The maximum absolute atomic E-state index is 16.3. The van der Waals surface area contributed by atoms with Gasteiger partial charge in [-0.3, -0.25) is 0 Å². The summed E-state index contributed by atoms with van der Waals surface area (Å²) in [6.45, 7) is 0. The molecular formula is C33H10F6N4S6. The fraction of sp³-hybridized carbons (Fsp3) is 0.0909. The third-order valence-electron chi connectivity index (χ3n) is 7.47. The van der Waals surface area contributed by atoms with Crippen molar-refractivity contribution >= 4 is 79.2 Å². The second kappa shape index (κ2) is 11.8. The van der Waals surface area contributed by atoms with E-state index in [4.69, 9.17) is 0 Å². The Bertz CT molecular complexity index is 2340. The van der Waals surface area contributed by atoms with Crippen molar-refractivity contribution in [2.24, 2.45) is 0 Å². The molecule has 0 saturated heterocycles. The van der Waals surface area contributed by atoms with Crippen molar-refractivity contribution in [3.63, 3.8) is 0 Å². The van der Waals surface area contributed by atoms with Gasteiger partial charge in [0.05, 0.1) is 9.75 Å². The van der Waals surface area contributed by atoms with Gasteiger partial charge in [0.25, 0.3) is 0 Å². The van der Waals surface area contributed by atoms with E-state index in [1.807, 2.05) is 24.3 Å². The Hall–Kier alpha value is -4.52. The van der Waals surface area contributed by atoms with Gasteiger partial charge in [0, 0.05) is 51.5 Å². The number of allylic oxidation sites excluding steroid dienone is 2. The maximum atomic E-state index is 16.3. The van der Waals surface area contributed by atoms with Crippen LogP contribution in [0.3, 0.4) is 0 Å². The number of nitriles is 4. The van der Waals surface area contributed by atoms with E-state index >= 15 is 26.3 Å². The third-order valence-corrected chi connectivity index (χ3v) is 14.4. The van der Waals surface area contributed by atoms with Crippen LogP contribution in [-0.4, -0.2) is 17.8 Å². The molecule has 6 aromatic rings. The van der Waals surface area contributed by atoms with Gasteiger partial charge in [0.1, 0.15) is 43.8 Å². The number of hydrogen-bond donors (Lipinski definition) is 0. The Morgan fingerprint density at radius 1 is 0.408 bits per heavy atom. The van der Waals surface area contributed by atoms with Crippen molar-refractivity contribution in [1.29, 1.82) is 21.0 Å². The molecule has 0 bridgehead atoms. The molecule has 0 N–H and O–H groups in total. The predicted molar refractivity (Wildman–Crippen MR) is 182 cm³/mol. The second-order valence-corrected chi connectivity index (χ2v) is 16.7. The lowest BCUT2D eigenvalue weighted by Crippen LogP contribution is -2.48. The molecule has 0 spiro atoms. The van der Waals surface area contributed by atoms with Gasteiger partial charge in [-0.1, -0.05) is 0 Å². The van der Waals surface area contributed by atoms with E-state index in [0.29, 0.717) is 9.75 Å². The summed E-state index contributed by atoms with van der Waals surface area (Å²) in [5.41, 5.74) is -4.23. The molecule has 0 amide bonds. The topological polar surface area (TPSA) is 95.2 Å². The molecule has 0 atom stereocenters. The highest BCUT2D eigenvalue weighted by molar-refractivity contribution is 7.27. The van der Waals surface area contributed by atoms with Gasteiger partial charge in [0.15, 0.2) is 0 Å². The molecule has 7 rings (SSSR count). The number of nitrogens with zero attached hydrogens (tertiary/aromatic N) is 4. The number of rotatable bonds is 6. The fourth-order valence-corrected chi connectivity index (χ4v) is 11.2. The van der Waals surface area contributed by atoms with E-state index in [2.05, 4.69) is 0 Å². The van der Waals surface area contributed by atoms with Crippen LogP contribution >= 0.6 is 68.0 Å². The number of alkyl halides is 6. The van der Waals surface area contributed by atoms with Gasteiger partial charge in [-0.15, -0.1) is 68.0 Å². The summed E-state index contributed by atoms with van der Waals surface area (Å²) in [5, 5.41) is 37.6. The zero-order chi connectivity index (χ0) is 34.9.